The third kappa shape index (κ3) is 3.35. The van der Waals surface area contributed by atoms with E-state index in [9.17, 15) is 9.59 Å². The van der Waals surface area contributed by atoms with Crippen molar-refractivity contribution >= 4 is 11.8 Å². The first kappa shape index (κ1) is 13.9. The van der Waals surface area contributed by atoms with Crippen molar-refractivity contribution in [3.63, 3.8) is 0 Å². The van der Waals surface area contributed by atoms with Gasteiger partial charge in [-0.3, -0.25) is 9.59 Å². The summed E-state index contributed by atoms with van der Waals surface area (Å²) in [5, 5.41) is 2.74. The molecule has 0 aliphatic carbocycles. The molecule has 5 heteroatoms. The summed E-state index contributed by atoms with van der Waals surface area (Å²) in [6.07, 6.45) is 2.98. The van der Waals surface area contributed by atoms with Crippen molar-refractivity contribution in [1.29, 1.82) is 0 Å². The van der Waals surface area contributed by atoms with Gasteiger partial charge in [-0.2, -0.15) is 0 Å². The van der Waals surface area contributed by atoms with Crippen LogP contribution < -0.4 is 10.1 Å². The highest BCUT2D eigenvalue weighted by molar-refractivity contribution is 5.90. The minimum absolute atomic E-state index is 0.0255. The number of benzene rings is 1. The van der Waals surface area contributed by atoms with Crippen molar-refractivity contribution in [3.05, 3.63) is 30.3 Å². The Kier molecular flexibility index (Phi) is 4.08. The Hall–Kier alpha value is -2.04. The fraction of sp³-hybridized carbons (Fsp3) is 0.500. The minimum Gasteiger partial charge on any atom is -0.489 e. The molecule has 2 aliphatic rings. The summed E-state index contributed by atoms with van der Waals surface area (Å²) in [4.78, 5) is 25.5. The summed E-state index contributed by atoms with van der Waals surface area (Å²) < 4.78 is 5.94. The third-order valence-corrected chi connectivity index (χ3v) is 4.03. The average molecular weight is 288 g/mol. The van der Waals surface area contributed by atoms with Crippen molar-refractivity contribution in [1.82, 2.24) is 10.2 Å². The Morgan fingerprint density at radius 2 is 2.05 bits per heavy atom. The van der Waals surface area contributed by atoms with E-state index in [1.165, 1.54) is 0 Å². The molecule has 0 spiro atoms. The largest absolute Gasteiger partial charge is 0.489 e. The molecule has 5 nitrogen and oxygen atoms in total. The molecule has 0 aromatic heterocycles. The molecule has 0 saturated carbocycles. The van der Waals surface area contributed by atoms with Gasteiger partial charge in [0.15, 0.2) is 0 Å². The molecule has 2 amide bonds. The van der Waals surface area contributed by atoms with Crippen LogP contribution in [-0.4, -0.2) is 41.9 Å². The van der Waals surface area contributed by atoms with Crippen LogP contribution in [0.5, 0.6) is 5.75 Å². The van der Waals surface area contributed by atoms with Crippen molar-refractivity contribution in [3.8, 4) is 5.75 Å². The van der Waals surface area contributed by atoms with Gasteiger partial charge in [-0.05, 0) is 31.4 Å². The fourth-order valence-electron chi connectivity index (χ4n) is 2.95. The SMILES string of the molecule is O=C1CCC(C(=O)N2CCCC(Oc3ccccc3)C2)N1. The van der Waals surface area contributed by atoms with Gasteiger partial charge < -0.3 is 15.0 Å². The van der Waals surface area contributed by atoms with Gasteiger partial charge in [-0.1, -0.05) is 18.2 Å². The van der Waals surface area contributed by atoms with Gasteiger partial charge in [-0.15, -0.1) is 0 Å². The van der Waals surface area contributed by atoms with E-state index in [2.05, 4.69) is 5.32 Å². The molecule has 3 rings (SSSR count). The zero-order valence-corrected chi connectivity index (χ0v) is 12.0. The summed E-state index contributed by atoms with van der Waals surface area (Å²) in [5.41, 5.74) is 0. The van der Waals surface area contributed by atoms with Crippen LogP contribution in [0.1, 0.15) is 25.7 Å². The van der Waals surface area contributed by atoms with Crippen LogP contribution in [0.25, 0.3) is 0 Å². The second-order valence-electron chi connectivity index (χ2n) is 5.64. The molecule has 1 aromatic carbocycles. The standard InChI is InChI=1S/C16H20N2O3/c19-15-9-8-14(17-15)16(20)18-10-4-7-13(11-18)21-12-5-2-1-3-6-12/h1-3,5-6,13-14H,4,7-11H2,(H,17,19). The Bertz CT molecular complexity index is 518. The second-order valence-corrected chi connectivity index (χ2v) is 5.64. The van der Waals surface area contributed by atoms with E-state index in [0.717, 1.165) is 25.1 Å². The number of ether oxygens (including phenoxy) is 1. The van der Waals surface area contributed by atoms with E-state index in [-0.39, 0.29) is 24.0 Å². The number of piperidine rings is 1. The monoisotopic (exact) mass is 288 g/mol. The quantitative estimate of drug-likeness (QED) is 0.913. The lowest BCUT2D eigenvalue weighted by atomic mass is 10.1. The Labute approximate surface area is 124 Å². The lowest BCUT2D eigenvalue weighted by Gasteiger charge is -2.34. The molecule has 2 unspecified atom stereocenters. The van der Waals surface area contributed by atoms with E-state index in [4.69, 9.17) is 4.74 Å². The fourth-order valence-corrected chi connectivity index (χ4v) is 2.95. The Morgan fingerprint density at radius 3 is 2.76 bits per heavy atom. The minimum atomic E-state index is -0.340. The van der Waals surface area contributed by atoms with E-state index in [1.54, 1.807) is 0 Å². The average Bonchev–Trinajstić information content (AvgIpc) is 2.94. The molecule has 21 heavy (non-hydrogen) atoms. The van der Waals surface area contributed by atoms with Crippen molar-refractivity contribution < 1.29 is 14.3 Å². The summed E-state index contributed by atoms with van der Waals surface area (Å²) in [6.45, 7) is 1.35. The molecule has 2 atom stereocenters. The molecule has 1 N–H and O–H groups in total. The number of carbonyl (C=O) groups is 2. The van der Waals surface area contributed by atoms with Gasteiger partial charge in [0, 0.05) is 13.0 Å². The first-order valence-corrected chi connectivity index (χ1v) is 7.52. The van der Waals surface area contributed by atoms with Crippen LogP contribution in [-0.2, 0) is 9.59 Å². The zero-order valence-electron chi connectivity index (χ0n) is 12.0. The van der Waals surface area contributed by atoms with E-state index >= 15 is 0 Å². The normalized spacial score (nSPS) is 25.5. The summed E-state index contributed by atoms with van der Waals surface area (Å²) >= 11 is 0. The van der Waals surface area contributed by atoms with Crippen LogP contribution in [0.2, 0.25) is 0 Å². The van der Waals surface area contributed by atoms with Crippen LogP contribution >= 0.6 is 0 Å². The van der Waals surface area contributed by atoms with Crippen LogP contribution in [0.15, 0.2) is 30.3 Å². The number of nitrogens with zero attached hydrogens (tertiary/aromatic N) is 1. The number of carbonyl (C=O) groups excluding carboxylic acids is 2. The first-order chi connectivity index (χ1) is 10.2. The number of hydrogen-bond donors (Lipinski definition) is 1. The van der Waals surface area contributed by atoms with Gasteiger partial charge >= 0.3 is 0 Å². The maximum Gasteiger partial charge on any atom is 0.245 e. The molecule has 2 aliphatic heterocycles. The zero-order chi connectivity index (χ0) is 14.7. The maximum atomic E-state index is 12.4. The van der Waals surface area contributed by atoms with Crippen molar-refractivity contribution in [2.75, 3.05) is 13.1 Å². The van der Waals surface area contributed by atoms with Gasteiger partial charge in [-0.25, -0.2) is 0 Å². The molecular weight excluding hydrogens is 268 g/mol. The van der Waals surface area contributed by atoms with Crippen LogP contribution in [0, 0.1) is 0 Å². The third-order valence-electron chi connectivity index (χ3n) is 4.03. The molecule has 0 radical (unpaired) electrons. The number of likely N-dealkylation sites (tertiary alicyclic amines) is 1. The van der Waals surface area contributed by atoms with Crippen LogP contribution in [0.4, 0.5) is 0 Å². The number of amides is 2. The highest BCUT2D eigenvalue weighted by Gasteiger charge is 2.33. The number of para-hydroxylation sites is 1. The molecular formula is C16H20N2O3. The molecule has 2 saturated heterocycles. The highest BCUT2D eigenvalue weighted by atomic mass is 16.5. The lowest BCUT2D eigenvalue weighted by Crippen LogP contribution is -2.50. The maximum absolute atomic E-state index is 12.4. The molecule has 112 valence electrons. The molecule has 2 fully saturated rings. The number of nitrogens with one attached hydrogen (secondary N) is 1. The summed E-state index contributed by atoms with van der Waals surface area (Å²) in [6, 6.07) is 9.35. The second kappa shape index (κ2) is 6.16. The van der Waals surface area contributed by atoms with E-state index in [0.29, 0.717) is 19.4 Å². The molecule has 0 bridgehead atoms. The first-order valence-electron chi connectivity index (χ1n) is 7.52. The van der Waals surface area contributed by atoms with Gasteiger partial charge in [0.2, 0.25) is 11.8 Å². The number of rotatable bonds is 3. The molecule has 2 heterocycles. The topological polar surface area (TPSA) is 58.6 Å². The highest BCUT2D eigenvalue weighted by Crippen LogP contribution is 2.20. The van der Waals surface area contributed by atoms with Gasteiger partial charge in [0.25, 0.3) is 0 Å². The van der Waals surface area contributed by atoms with Crippen molar-refractivity contribution in [2.24, 2.45) is 0 Å². The molecule has 1 aromatic rings. The van der Waals surface area contributed by atoms with Gasteiger partial charge in [0.05, 0.1) is 6.54 Å². The van der Waals surface area contributed by atoms with Gasteiger partial charge in [0.1, 0.15) is 17.9 Å². The predicted octanol–water partition coefficient (Wildman–Crippen LogP) is 1.33. The Balaban J connectivity index is 1.58. The smallest absolute Gasteiger partial charge is 0.245 e. The predicted molar refractivity (Wildman–Crippen MR) is 77.8 cm³/mol. The number of hydrogen-bond acceptors (Lipinski definition) is 3. The van der Waals surface area contributed by atoms with Crippen molar-refractivity contribution in [2.45, 2.75) is 37.8 Å². The lowest BCUT2D eigenvalue weighted by molar-refractivity contribution is -0.136. The summed E-state index contributed by atoms with van der Waals surface area (Å²) in [5.74, 6) is 0.843. The van der Waals surface area contributed by atoms with E-state index in [1.807, 2.05) is 35.2 Å². The Morgan fingerprint density at radius 1 is 1.24 bits per heavy atom. The van der Waals surface area contributed by atoms with E-state index < -0.39 is 0 Å². The van der Waals surface area contributed by atoms with Crippen LogP contribution in [0.3, 0.4) is 0 Å². The summed E-state index contributed by atoms with van der Waals surface area (Å²) in [7, 11) is 0.